The third-order valence-electron chi connectivity index (χ3n) is 5.70. The van der Waals surface area contributed by atoms with Gasteiger partial charge in [-0.25, -0.2) is 4.98 Å². The van der Waals surface area contributed by atoms with Crippen molar-refractivity contribution < 1.29 is 4.79 Å². The highest BCUT2D eigenvalue weighted by Gasteiger charge is 2.12. The number of para-hydroxylation sites is 2. The van der Waals surface area contributed by atoms with Crippen molar-refractivity contribution in [1.82, 2.24) is 14.9 Å². The number of hydrogen-bond acceptors (Lipinski definition) is 2. The van der Waals surface area contributed by atoms with E-state index in [0.29, 0.717) is 28.7 Å². The lowest BCUT2D eigenvalue weighted by atomic mass is 10.1. The summed E-state index contributed by atoms with van der Waals surface area (Å²) in [6.07, 6.45) is 3.83. The number of unbranched alkanes of at least 4 members (excludes halogenated alkanes) is 2. The SMILES string of the molecule is Cc1cccc(C(=O)NCCCCCc2nc3ccccc3n2Cc2ccc(Cl)c(Cl)c2)c1. The lowest BCUT2D eigenvalue weighted by Crippen LogP contribution is -2.24. The third kappa shape index (κ3) is 5.95. The van der Waals surface area contributed by atoms with E-state index in [9.17, 15) is 4.79 Å². The Morgan fingerprint density at radius 2 is 1.79 bits per heavy atom. The van der Waals surface area contributed by atoms with E-state index in [2.05, 4.69) is 16.0 Å². The quantitative estimate of drug-likeness (QED) is 0.267. The molecule has 1 aromatic heterocycles. The molecule has 0 atom stereocenters. The molecule has 4 aromatic rings. The van der Waals surface area contributed by atoms with E-state index in [1.165, 1.54) is 0 Å². The van der Waals surface area contributed by atoms with Gasteiger partial charge in [0.1, 0.15) is 5.82 Å². The predicted molar refractivity (Wildman–Crippen MR) is 136 cm³/mol. The maximum atomic E-state index is 12.3. The van der Waals surface area contributed by atoms with E-state index >= 15 is 0 Å². The van der Waals surface area contributed by atoms with Gasteiger partial charge in [0.25, 0.3) is 5.91 Å². The second-order valence-corrected chi connectivity index (χ2v) is 9.10. The first-order chi connectivity index (χ1) is 16.0. The van der Waals surface area contributed by atoms with Crippen LogP contribution in [0.2, 0.25) is 10.0 Å². The molecule has 1 heterocycles. The summed E-state index contributed by atoms with van der Waals surface area (Å²) >= 11 is 12.3. The van der Waals surface area contributed by atoms with Crippen LogP contribution in [0.4, 0.5) is 0 Å². The fraction of sp³-hybridized carbons (Fsp3) is 0.259. The summed E-state index contributed by atoms with van der Waals surface area (Å²) in [5.74, 6) is 1.05. The molecule has 1 N–H and O–H groups in total. The lowest BCUT2D eigenvalue weighted by molar-refractivity contribution is 0.0953. The first-order valence-corrected chi connectivity index (χ1v) is 12.0. The standard InChI is InChI=1S/C27H27Cl2N3O/c1-19-8-7-9-21(16-19)27(33)30-15-6-2-3-12-26-31-24-10-4-5-11-25(24)32(26)18-20-13-14-22(28)23(29)17-20/h4-5,7-11,13-14,16-17H,2-3,6,12,15,18H2,1H3,(H,30,33). The summed E-state index contributed by atoms with van der Waals surface area (Å²) in [4.78, 5) is 17.1. The summed E-state index contributed by atoms with van der Waals surface area (Å²) in [6.45, 7) is 3.36. The van der Waals surface area contributed by atoms with Gasteiger partial charge in [0.2, 0.25) is 0 Å². The number of carbonyl (C=O) groups excluding carboxylic acids is 1. The molecular weight excluding hydrogens is 453 g/mol. The van der Waals surface area contributed by atoms with Crippen molar-refractivity contribution in [2.45, 2.75) is 39.2 Å². The minimum Gasteiger partial charge on any atom is -0.352 e. The molecule has 0 unspecified atom stereocenters. The van der Waals surface area contributed by atoms with Crippen LogP contribution in [0.5, 0.6) is 0 Å². The Kier molecular flexibility index (Phi) is 7.69. The maximum Gasteiger partial charge on any atom is 0.251 e. The Balaban J connectivity index is 1.34. The zero-order valence-electron chi connectivity index (χ0n) is 18.7. The highest BCUT2D eigenvalue weighted by Crippen LogP contribution is 2.25. The molecule has 170 valence electrons. The van der Waals surface area contributed by atoms with Crippen LogP contribution in [0.15, 0.2) is 66.7 Å². The maximum absolute atomic E-state index is 12.3. The van der Waals surface area contributed by atoms with Crippen LogP contribution < -0.4 is 5.32 Å². The van der Waals surface area contributed by atoms with Gasteiger partial charge in [0.15, 0.2) is 0 Å². The van der Waals surface area contributed by atoms with Gasteiger partial charge in [-0.15, -0.1) is 0 Å². The van der Waals surface area contributed by atoms with E-state index < -0.39 is 0 Å². The molecule has 0 radical (unpaired) electrons. The Morgan fingerprint density at radius 1 is 0.939 bits per heavy atom. The molecule has 3 aromatic carbocycles. The number of imidazole rings is 1. The normalized spacial score (nSPS) is 11.1. The van der Waals surface area contributed by atoms with Gasteiger partial charge in [-0.3, -0.25) is 4.79 Å². The molecule has 0 spiro atoms. The molecule has 0 aliphatic rings. The smallest absolute Gasteiger partial charge is 0.251 e. The topological polar surface area (TPSA) is 46.9 Å². The van der Waals surface area contributed by atoms with E-state index in [-0.39, 0.29) is 5.91 Å². The van der Waals surface area contributed by atoms with Crippen LogP contribution in [0, 0.1) is 6.92 Å². The summed E-state index contributed by atoms with van der Waals surface area (Å²) in [5.41, 5.74) is 5.01. The van der Waals surface area contributed by atoms with E-state index in [1.54, 1.807) is 0 Å². The summed E-state index contributed by atoms with van der Waals surface area (Å²) < 4.78 is 2.26. The van der Waals surface area contributed by atoms with Gasteiger partial charge in [-0.2, -0.15) is 0 Å². The van der Waals surface area contributed by atoms with Crippen molar-refractivity contribution in [3.05, 3.63) is 99.3 Å². The number of aromatic nitrogens is 2. The van der Waals surface area contributed by atoms with Crippen molar-refractivity contribution in [3.8, 4) is 0 Å². The first-order valence-electron chi connectivity index (χ1n) is 11.2. The minimum absolute atomic E-state index is 0.0119. The molecular formula is C27H27Cl2N3O. The Hall–Kier alpha value is -2.82. The number of amides is 1. The number of benzene rings is 3. The molecule has 0 saturated carbocycles. The van der Waals surface area contributed by atoms with E-state index in [1.807, 2.05) is 67.6 Å². The second kappa shape index (κ2) is 10.9. The van der Waals surface area contributed by atoms with Crippen LogP contribution in [-0.2, 0) is 13.0 Å². The van der Waals surface area contributed by atoms with Crippen molar-refractivity contribution >= 4 is 40.1 Å². The molecule has 6 heteroatoms. The molecule has 0 fully saturated rings. The van der Waals surface area contributed by atoms with Gasteiger partial charge in [0, 0.05) is 25.1 Å². The molecule has 1 amide bonds. The number of hydrogen-bond donors (Lipinski definition) is 1. The number of nitrogens with zero attached hydrogens (tertiary/aromatic N) is 2. The van der Waals surface area contributed by atoms with E-state index in [0.717, 1.165) is 53.7 Å². The lowest BCUT2D eigenvalue weighted by Gasteiger charge is -2.11. The fourth-order valence-electron chi connectivity index (χ4n) is 3.99. The number of halogens is 2. The summed E-state index contributed by atoms with van der Waals surface area (Å²) in [7, 11) is 0. The van der Waals surface area contributed by atoms with Crippen molar-refractivity contribution in [1.29, 1.82) is 0 Å². The van der Waals surface area contributed by atoms with Gasteiger partial charge < -0.3 is 9.88 Å². The summed E-state index contributed by atoms with van der Waals surface area (Å²) in [5, 5.41) is 4.14. The molecule has 33 heavy (non-hydrogen) atoms. The Bertz CT molecular complexity index is 1270. The first kappa shape index (κ1) is 23.3. The number of carbonyl (C=O) groups is 1. The molecule has 4 nitrogen and oxygen atoms in total. The number of aryl methyl sites for hydroxylation is 2. The number of rotatable bonds is 9. The van der Waals surface area contributed by atoms with Crippen LogP contribution in [0.1, 0.15) is 46.6 Å². The van der Waals surface area contributed by atoms with Crippen molar-refractivity contribution in [2.24, 2.45) is 0 Å². The minimum atomic E-state index is -0.0119. The Labute approximate surface area is 204 Å². The average molecular weight is 480 g/mol. The highest BCUT2D eigenvalue weighted by atomic mass is 35.5. The van der Waals surface area contributed by atoms with Crippen molar-refractivity contribution in [2.75, 3.05) is 6.54 Å². The monoisotopic (exact) mass is 479 g/mol. The highest BCUT2D eigenvalue weighted by molar-refractivity contribution is 6.42. The molecule has 4 rings (SSSR count). The average Bonchev–Trinajstić information content (AvgIpc) is 3.15. The fourth-order valence-corrected chi connectivity index (χ4v) is 4.31. The van der Waals surface area contributed by atoms with Crippen LogP contribution in [-0.4, -0.2) is 22.0 Å². The third-order valence-corrected chi connectivity index (χ3v) is 6.44. The van der Waals surface area contributed by atoms with Crippen LogP contribution in [0.25, 0.3) is 11.0 Å². The Morgan fingerprint density at radius 3 is 2.61 bits per heavy atom. The largest absolute Gasteiger partial charge is 0.352 e. The zero-order valence-corrected chi connectivity index (χ0v) is 20.2. The predicted octanol–water partition coefficient (Wildman–Crippen LogP) is 6.84. The molecule has 0 aliphatic heterocycles. The van der Waals surface area contributed by atoms with Gasteiger partial charge in [-0.05, 0) is 61.7 Å². The van der Waals surface area contributed by atoms with Gasteiger partial charge >= 0.3 is 0 Å². The molecule has 0 saturated heterocycles. The van der Waals surface area contributed by atoms with Gasteiger partial charge in [0.05, 0.1) is 21.1 Å². The number of nitrogens with one attached hydrogen (secondary N) is 1. The molecule has 0 bridgehead atoms. The van der Waals surface area contributed by atoms with E-state index in [4.69, 9.17) is 28.2 Å². The number of fused-ring (bicyclic) bond motifs is 1. The van der Waals surface area contributed by atoms with Crippen LogP contribution >= 0.6 is 23.2 Å². The van der Waals surface area contributed by atoms with Crippen LogP contribution in [0.3, 0.4) is 0 Å². The molecule has 0 aliphatic carbocycles. The zero-order chi connectivity index (χ0) is 23.2. The van der Waals surface area contributed by atoms with Gasteiger partial charge in [-0.1, -0.05) is 65.5 Å². The second-order valence-electron chi connectivity index (χ2n) is 8.29. The van der Waals surface area contributed by atoms with Crippen molar-refractivity contribution in [3.63, 3.8) is 0 Å². The summed E-state index contributed by atoms with van der Waals surface area (Å²) in [6, 6.07) is 21.6.